The van der Waals surface area contributed by atoms with Crippen LogP contribution in [0.25, 0.3) is 10.9 Å². The van der Waals surface area contributed by atoms with Crippen molar-refractivity contribution < 1.29 is 0 Å². The number of hydrogen-bond donors (Lipinski definition) is 0. The molecule has 21 heavy (non-hydrogen) atoms. The number of aromatic nitrogens is 1. The van der Waals surface area contributed by atoms with E-state index in [1.165, 1.54) is 68.1 Å². The summed E-state index contributed by atoms with van der Waals surface area (Å²) in [6, 6.07) is 10.9. The first-order valence-electron chi connectivity index (χ1n) is 8.07. The van der Waals surface area contributed by atoms with Crippen LogP contribution in [0.15, 0.2) is 36.5 Å². The van der Waals surface area contributed by atoms with Crippen molar-refractivity contribution in [3.8, 4) is 0 Å². The maximum absolute atomic E-state index is 4.71. The smallest absolute Gasteiger partial charge is 0.0804 e. The van der Waals surface area contributed by atoms with Crippen LogP contribution in [-0.2, 0) is 0 Å². The lowest BCUT2D eigenvalue weighted by Crippen LogP contribution is -2.31. The van der Waals surface area contributed by atoms with E-state index in [4.69, 9.17) is 4.98 Å². The zero-order chi connectivity index (χ0) is 14.1. The molecule has 1 aromatic heterocycles. The number of hydrogen-bond acceptors (Lipinski definition) is 3. The van der Waals surface area contributed by atoms with Crippen molar-refractivity contribution in [1.29, 1.82) is 0 Å². The minimum Gasteiger partial charge on any atom is -0.266 e. The Morgan fingerprint density at radius 1 is 0.810 bits per heavy atom. The van der Waals surface area contributed by atoms with Gasteiger partial charge in [0.1, 0.15) is 0 Å². The fraction of sp³-hybridized carbons (Fsp3) is 0.471. The van der Waals surface area contributed by atoms with E-state index < -0.39 is 0 Å². The molecule has 2 aromatic rings. The first-order chi connectivity index (χ1) is 10.4. The van der Waals surface area contributed by atoms with Gasteiger partial charge < -0.3 is 0 Å². The van der Waals surface area contributed by atoms with Gasteiger partial charge in [0.15, 0.2) is 0 Å². The summed E-state index contributed by atoms with van der Waals surface area (Å²) < 4.78 is 5.45. The van der Waals surface area contributed by atoms with Crippen molar-refractivity contribution in [2.75, 3.05) is 26.2 Å². The molecule has 2 aliphatic heterocycles. The fourth-order valence-electron chi connectivity index (χ4n) is 3.51. The first kappa shape index (κ1) is 13.6. The van der Waals surface area contributed by atoms with Gasteiger partial charge in [0.2, 0.25) is 0 Å². The number of rotatable bonds is 3. The molecule has 0 atom stereocenters. The highest BCUT2D eigenvalue weighted by Crippen LogP contribution is 2.48. The summed E-state index contributed by atoms with van der Waals surface area (Å²) in [5.74, 6) is 0. The molecule has 4 heteroatoms. The lowest BCUT2D eigenvalue weighted by atomic mass is 10.2. The van der Waals surface area contributed by atoms with Gasteiger partial charge in [-0.25, -0.2) is 0 Å². The largest absolute Gasteiger partial charge is 0.266 e. The molecule has 0 N–H and O–H groups in total. The quantitative estimate of drug-likeness (QED) is 0.810. The molecular formula is C17H22N3P. The molecule has 0 radical (unpaired) electrons. The summed E-state index contributed by atoms with van der Waals surface area (Å²) in [6.45, 7) is 5.02. The number of pyridine rings is 1. The Balaban J connectivity index is 1.80. The Bertz CT molecular complexity index is 597. The standard InChI is InChI=1S/C17H22N3P/c1-2-12-19(11-1)21(20-13-3-4-14-20)16-9-5-7-15-8-6-10-18-17(15)16/h5-10H,1-4,11-14H2. The average Bonchev–Trinajstić information content (AvgIpc) is 3.22. The third-order valence-electron chi connectivity index (χ3n) is 4.53. The van der Waals surface area contributed by atoms with Crippen LogP contribution in [0.1, 0.15) is 25.7 Å². The van der Waals surface area contributed by atoms with Gasteiger partial charge >= 0.3 is 0 Å². The molecule has 2 aliphatic rings. The van der Waals surface area contributed by atoms with Crippen molar-refractivity contribution >= 4 is 24.4 Å². The molecule has 2 fully saturated rings. The molecule has 4 rings (SSSR count). The van der Waals surface area contributed by atoms with E-state index >= 15 is 0 Å². The van der Waals surface area contributed by atoms with E-state index in [9.17, 15) is 0 Å². The summed E-state index contributed by atoms with van der Waals surface area (Å²) >= 11 is 0. The number of fused-ring (bicyclic) bond motifs is 1. The monoisotopic (exact) mass is 299 g/mol. The summed E-state index contributed by atoms with van der Waals surface area (Å²) in [5, 5.41) is 2.74. The van der Waals surface area contributed by atoms with Crippen LogP contribution in [-0.4, -0.2) is 40.5 Å². The van der Waals surface area contributed by atoms with Crippen molar-refractivity contribution in [3.05, 3.63) is 36.5 Å². The Kier molecular flexibility index (Phi) is 3.89. The predicted octanol–water partition coefficient (Wildman–Crippen LogP) is 3.36. The van der Waals surface area contributed by atoms with Crippen LogP contribution < -0.4 is 5.30 Å². The molecule has 0 aliphatic carbocycles. The van der Waals surface area contributed by atoms with Crippen LogP contribution in [0.4, 0.5) is 0 Å². The topological polar surface area (TPSA) is 19.4 Å². The second-order valence-corrected chi connectivity index (χ2v) is 8.16. The maximum Gasteiger partial charge on any atom is 0.0804 e. The van der Waals surface area contributed by atoms with Crippen LogP contribution in [0.2, 0.25) is 0 Å². The molecule has 0 bridgehead atoms. The molecule has 110 valence electrons. The third kappa shape index (κ3) is 2.59. The number of para-hydroxylation sites is 1. The van der Waals surface area contributed by atoms with Crippen LogP contribution in [0, 0.1) is 0 Å². The molecule has 0 unspecified atom stereocenters. The summed E-state index contributed by atoms with van der Waals surface area (Å²) in [4.78, 5) is 4.71. The minimum absolute atomic E-state index is 0.354. The van der Waals surface area contributed by atoms with Crippen LogP contribution in [0.5, 0.6) is 0 Å². The van der Waals surface area contributed by atoms with Gasteiger partial charge in [-0.3, -0.25) is 14.3 Å². The molecule has 0 amide bonds. The van der Waals surface area contributed by atoms with Crippen molar-refractivity contribution in [3.63, 3.8) is 0 Å². The van der Waals surface area contributed by atoms with Crippen LogP contribution >= 0.6 is 8.22 Å². The second-order valence-electron chi connectivity index (χ2n) is 5.96. The molecule has 1 aromatic carbocycles. The van der Waals surface area contributed by atoms with Crippen molar-refractivity contribution in [2.24, 2.45) is 0 Å². The van der Waals surface area contributed by atoms with Gasteiger partial charge in [0.05, 0.1) is 13.7 Å². The summed E-state index contributed by atoms with van der Waals surface area (Å²) in [5.41, 5.74) is 1.21. The van der Waals surface area contributed by atoms with E-state index in [2.05, 4.69) is 33.6 Å². The zero-order valence-corrected chi connectivity index (χ0v) is 13.3. The molecule has 0 saturated carbocycles. The average molecular weight is 299 g/mol. The molecular weight excluding hydrogens is 277 g/mol. The zero-order valence-electron chi connectivity index (χ0n) is 12.4. The number of benzene rings is 1. The van der Waals surface area contributed by atoms with Crippen molar-refractivity contribution in [1.82, 2.24) is 14.3 Å². The van der Waals surface area contributed by atoms with Gasteiger partial charge in [-0.2, -0.15) is 0 Å². The third-order valence-corrected chi connectivity index (χ3v) is 7.19. The number of nitrogens with zero attached hydrogens (tertiary/aromatic N) is 3. The van der Waals surface area contributed by atoms with E-state index in [-0.39, 0.29) is 8.22 Å². The van der Waals surface area contributed by atoms with E-state index in [1.54, 1.807) is 0 Å². The highest BCUT2D eigenvalue weighted by Gasteiger charge is 2.32. The second kappa shape index (κ2) is 6.00. The Morgan fingerprint density at radius 2 is 1.43 bits per heavy atom. The molecule has 2 saturated heterocycles. The van der Waals surface area contributed by atoms with Crippen molar-refractivity contribution in [2.45, 2.75) is 25.7 Å². The van der Waals surface area contributed by atoms with E-state index in [1.807, 2.05) is 12.3 Å². The lowest BCUT2D eigenvalue weighted by molar-refractivity contribution is 0.482. The fourth-order valence-corrected chi connectivity index (χ4v) is 6.40. The van der Waals surface area contributed by atoms with Gasteiger partial charge in [-0.15, -0.1) is 0 Å². The highest BCUT2D eigenvalue weighted by molar-refractivity contribution is 7.61. The van der Waals surface area contributed by atoms with Crippen LogP contribution in [0.3, 0.4) is 0 Å². The predicted molar refractivity (Wildman–Crippen MR) is 89.9 cm³/mol. The maximum atomic E-state index is 4.71. The summed E-state index contributed by atoms with van der Waals surface area (Å²) in [6.07, 6.45) is 7.35. The molecule has 0 spiro atoms. The minimum atomic E-state index is -0.354. The van der Waals surface area contributed by atoms with E-state index in [0.717, 1.165) is 0 Å². The Hall–Kier alpha value is -1.02. The van der Waals surface area contributed by atoms with Gasteiger partial charge in [0.25, 0.3) is 0 Å². The molecule has 3 heterocycles. The van der Waals surface area contributed by atoms with E-state index in [0.29, 0.717) is 0 Å². The Morgan fingerprint density at radius 3 is 2.10 bits per heavy atom. The first-order valence-corrected chi connectivity index (χ1v) is 9.32. The summed E-state index contributed by atoms with van der Waals surface area (Å²) in [7, 11) is -0.354. The van der Waals surface area contributed by atoms with Gasteiger partial charge in [-0.1, -0.05) is 18.2 Å². The molecule has 3 nitrogen and oxygen atoms in total. The van der Waals surface area contributed by atoms with Gasteiger partial charge in [-0.05, 0) is 37.8 Å². The SMILES string of the molecule is c1cnc2c(P(N3CCCC3)N3CCCC3)cccc2c1. The Labute approximate surface area is 127 Å². The van der Waals surface area contributed by atoms with Gasteiger partial charge in [0, 0.05) is 43.1 Å². The lowest BCUT2D eigenvalue weighted by Gasteiger charge is -2.35. The normalized spacial score (nSPS) is 20.8. The highest BCUT2D eigenvalue weighted by atomic mass is 31.1.